The molecule has 8 nitrogen and oxygen atoms in total. The Morgan fingerprint density at radius 2 is 1.68 bits per heavy atom. The maximum absolute atomic E-state index is 13.3. The molecule has 3 aromatic rings. The number of nitrogens with zero attached hydrogens (tertiary/aromatic N) is 3. The zero-order valence-corrected chi connectivity index (χ0v) is 19.8. The zero-order valence-electron chi connectivity index (χ0n) is 19.8. The fourth-order valence-corrected chi connectivity index (χ4v) is 4.17. The summed E-state index contributed by atoms with van der Waals surface area (Å²) >= 11 is 0. The van der Waals surface area contributed by atoms with Crippen LogP contribution >= 0.6 is 0 Å². The molecule has 0 aliphatic carbocycles. The van der Waals surface area contributed by atoms with E-state index in [0.29, 0.717) is 34.3 Å². The van der Waals surface area contributed by atoms with Gasteiger partial charge < -0.3 is 9.15 Å². The highest BCUT2D eigenvalue weighted by atomic mass is 16.5. The summed E-state index contributed by atoms with van der Waals surface area (Å²) in [4.78, 5) is 41.0. The molecule has 0 N–H and O–H groups in total. The van der Waals surface area contributed by atoms with Gasteiger partial charge in [-0.25, -0.2) is 0 Å². The standard InChI is InChI=1S/C26H27N3O5/c1-14(2)23(30)21-22(19-8-6-7-9-20(19)33-15(3)4)29(26(32)24(21)31)18-12-10-17(11-13-18)25-28-27-16(5)34-25/h6-15,21-22H,1-5H3. The molecule has 34 heavy (non-hydrogen) atoms. The minimum atomic E-state index is -1.12. The predicted molar refractivity (Wildman–Crippen MR) is 125 cm³/mol. The molecule has 1 aliphatic rings. The third kappa shape index (κ3) is 4.23. The summed E-state index contributed by atoms with van der Waals surface area (Å²) in [5, 5.41) is 7.85. The molecule has 2 heterocycles. The fourth-order valence-electron chi connectivity index (χ4n) is 4.17. The van der Waals surface area contributed by atoms with Gasteiger partial charge in [-0.15, -0.1) is 10.2 Å². The van der Waals surface area contributed by atoms with Crippen molar-refractivity contribution in [3.8, 4) is 17.2 Å². The minimum Gasteiger partial charge on any atom is -0.491 e. The average molecular weight is 462 g/mol. The van der Waals surface area contributed by atoms with Crippen LogP contribution in [0.4, 0.5) is 5.69 Å². The van der Waals surface area contributed by atoms with Crippen molar-refractivity contribution in [2.75, 3.05) is 4.90 Å². The lowest BCUT2D eigenvalue weighted by molar-refractivity contribution is -0.139. The summed E-state index contributed by atoms with van der Waals surface area (Å²) in [6.45, 7) is 8.96. The van der Waals surface area contributed by atoms with Gasteiger partial charge in [0.15, 0.2) is 0 Å². The van der Waals surface area contributed by atoms with Gasteiger partial charge in [-0.2, -0.15) is 0 Å². The molecule has 2 aromatic carbocycles. The zero-order chi connectivity index (χ0) is 24.6. The number of benzene rings is 2. The van der Waals surface area contributed by atoms with Crippen molar-refractivity contribution in [1.29, 1.82) is 0 Å². The number of carbonyl (C=O) groups excluding carboxylic acids is 3. The summed E-state index contributed by atoms with van der Waals surface area (Å²) < 4.78 is 11.5. The van der Waals surface area contributed by atoms with E-state index in [1.165, 1.54) is 4.90 Å². The molecule has 2 atom stereocenters. The van der Waals surface area contributed by atoms with Crippen molar-refractivity contribution < 1.29 is 23.5 Å². The number of ether oxygens (including phenoxy) is 1. The van der Waals surface area contributed by atoms with E-state index in [4.69, 9.17) is 9.15 Å². The van der Waals surface area contributed by atoms with Crippen LogP contribution in [0.5, 0.6) is 5.75 Å². The Balaban J connectivity index is 1.82. The molecule has 0 spiro atoms. The first-order chi connectivity index (χ1) is 16.2. The van der Waals surface area contributed by atoms with Gasteiger partial charge >= 0.3 is 0 Å². The van der Waals surface area contributed by atoms with Crippen LogP contribution in [0.25, 0.3) is 11.5 Å². The first-order valence-electron chi connectivity index (χ1n) is 11.3. The Kier molecular flexibility index (Phi) is 6.32. The second kappa shape index (κ2) is 9.21. The number of anilines is 1. The lowest BCUT2D eigenvalue weighted by atomic mass is 9.84. The van der Waals surface area contributed by atoms with Crippen molar-refractivity contribution >= 4 is 23.2 Å². The van der Waals surface area contributed by atoms with E-state index in [0.717, 1.165) is 0 Å². The molecule has 1 aliphatic heterocycles. The molecule has 1 aromatic heterocycles. The van der Waals surface area contributed by atoms with Gasteiger partial charge in [0.25, 0.3) is 5.91 Å². The molecule has 1 saturated heterocycles. The molecule has 1 fully saturated rings. The van der Waals surface area contributed by atoms with Crippen molar-refractivity contribution in [2.24, 2.45) is 11.8 Å². The Labute approximate surface area is 197 Å². The molecule has 2 unspecified atom stereocenters. The van der Waals surface area contributed by atoms with E-state index in [1.807, 2.05) is 26.0 Å². The lowest BCUT2D eigenvalue weighted by Crippen LogP contribution is -2.32. The van der Waals surface area contributed by atoms with Crippen LogP contribution in [0.15, 0.2) is 52.9 Å². The van der Waals surface area contributed by atoms with Crippen LogP contribution in [-0.4, -0.2) is 33.8 Å². The van der Waals surface area contributed by atoms with Gasteiger partial charge in [0.2, 0.25) is 17.6 Å². The van der Waals surface area contributed by atoms with E-state index in [-0.39, 0.29) is 11.9 Å². The fraction of sp³-hybridized carbons (Fsp3) is 0.346. The number of hydrogen-bond acceptors (Lipinski definition) is 7. The van der Waals surface area contributed by atoms with Crippen LogP contribution < -0.4 is 9.64 Å². The van der Waals surface area contributed by atoms with Gasteiger partial charge in [-0.05, 0) is 44.2 Å². The number of ketones is 2. The second-order valence-electron chi connectivity index (χ2n) is 8.90. The lowest BCUT2D eigenvalue weighted by Gasteiger charge is -2.29. The minimum absolute atomic E-state index is 0.126. The summed E-state index contributed by atoms with van der Waals surface area (Å²) in [6, 6.07) is 13.3. The quantitative estimate of drug-likeness (QED) is 0.381. The number of aromatic nitrogens is 2. The average Bonchev–Trinajstić information content (AvgIpc) is 3.34. The molecule has 8 heteroatoms. The maximum Gasteiger partial charge on any atom is 0.295 e. The molecule has 0 bridgehead atoms. The van der Waals surface area contributed by atoms with Gasteiger partial charge in [0.05, 0.1) is 12.1 Å². The summed E-state index contributed by atoms with van der Waals surface area (Å²) in [7, 11) is 0. The smallest absolute Gasteiger partial charge is 0.295 e. The number of para-hydroxylation sites is 1. The monoisotopic (exact) mass is 461 g/mol. The highest BCUT2D eigenvalue weighted by molar-refractivity contribution is 6.48. The van der Waals surface area contributed by atoms with Crippen molar-refractivity contribution in [3.63, 3.8) is 0 Å². The molecule has 176 valence electrons. The van der Waals surface area contributed by atoms with Crippen LogP contribution in [0.1, 0.15) is 45.2 Å². The van der Waals surface area contributed by atoms with Gasteiger partial charge in [-0.1, -0.05) is 32.0 Å². The van der Waals surface area contributed by atoms with Crippen molar-refractivity contribution in [2.45, 2.75) is 46.8 Å². The van der Waals surface area contributed by atoms with Crippen molar-refractivity contribution in [1.82, 2.24) is 10.2 Å². The number of Topliss-reactive ketones (excluding diaryl/α,β-unsaturated/α-hetero) is 2. The van der Waals surface area contributed by atoms with E-state index in [9.17, 15) is 14.4 Å². The number of rotatable bonds is 7. The maximum atomic E-state index is 13.3. The number of amides is 1. The summed E-state index contributed by atoms with van der Waals surface area (Å²) in [5.41, 5.74) is 1.78. The number of aryl methyl sites for hydroxylation is 1. The molecule has 1 amide bonds. The van der Waals surface area contributed by atoms with E-state index in [1.54, 1.807) is 57.2 Å². The van der Waals surface area contributed by atoms with Crippen LogP contribution in [0.3, 0.4) is 0 Å². The molecular weight excluding hydrogens is 434 g/mol. The third-order valence-electron chi connectivity index (χ3n) is 5.70. The number of hydrogen-bond donors (Lipinski definition) is 0. The highest BCUT2D eigenvalue weighted by Gasteiger charge is 2.53. The molecule has 0 radical (unpaired) electrons. The molecular formula is C26H27N3O5. The largest absolute Gasteiger partial charge is 0.491 e. The van der Waals surface area contributed by atoms with E-state index < -0.39 is 29.6 Å². The van der Waals surface area contributed by atoms with Gasteiger partial charge in [0, 0.05) is 29.7 Å². The van der Waals surface area contributed by atoms with Crippen molar-refractivity contribution in [3.05, 3.63) is 60.0 Å². The number of carbonyl (C=O) groups is 3. The Hall–Kier alpha value is -3.81. The van der Waals surface area contributed by atoms with Gasteiger partial charge in [-0.3, -0.25) is 19.3 Å². The van der Waals surface area contributed by atoms with Crippen LogP contribution in [0.2, 0.25) is 0 Å². The van der Waals surface area contributed by atoms with Crippen LogP contribution in [0, 0.1) is 18.8 Å². The predicted octanol–water partition coefficient (Wildman–Crippen LogP) is 4.33. The topological polar surface area (TPSA) is 103 Å². The Bertz CT molecular complexity index is 1230. The summed E-state index contributed by atoms with van der Waals surface area (Å²) in [6.07, 6.45) is -0.126. The van der Waals surface area contributed by atoms with Crippen LogP contribution in [-0.2, 0) is 14.4 Å². The SMILES string of the molecule is Cc1nnc(-c2ccc(N3C(=O)C(=O)C(C(=O)C(C)C)C3c3ccccc3OC(C)C)cc2)o1. The highest BCUT2D eigenvalue weighted by Crippen LogP contribution is 2.44. The van der Waals surface area contributed by atoms with E-state index >= 15 is 0 Å². The first-order valence-corrected chi connectivity index (χ1v) is 11.3. The van der Waals surface area contributed by atoms with Gasteiger partial charge in [0.1, 0.15) is 17.5 Å². The first kappa shape index (κ1) is 23.4. The van der Waals surface area contributed by atoms with E-state index in [2.05, 4.69) is 10.2 Å². The Morgan fingerprint density at radius 1 is 1.00 bits per heavy atom. The third-order valence-corrected chi connectivity index (χ3v) is 5.70. The molecule has 4 rings (SSSR count). The Morgan fingerprint density at radius 3 is 2.26 bits per heavy atom. The normalized spacial score (nSPS) is 18.3. The summed E-state index contributed by atoms with van der Waals surface area (Å²) in [5.74, 6) is -1.90. The second-order valence-corrected chi connectivity index (χ2v) is 8.90. The molecule has 0 saturated carbocycles.